The van der Waals surface area contributed by atoms with Crippen molar-refractivity contribution in [3.8, 4) is 0 Å². The first-order chi connectivity index (χ1) is 7.09. The maximum Gasteiger partial charge on any atom is 0.411 e. The molecule has 0 atom stereocenters. The number of anilines is 1. The van der Waals surface area contributed by atoms with Crippen LogP contribution in [0.5, 0.6) is 0 Å². The Kier molecular flexibility index (Phi) is 4.43. The summed E-state index contributed by atoms with van der Waals surface area (Å²) in [5, 5.41) is 3.07. The van der Waals surface area contributed by atoms with Gasteiger partial charge in [0.2, 0.25) is 0 Å². The van der Waals surface area contributed by atoms with Crippen molar-refractivity contribution in [2.45, 2.75) is 13.8 Å². The molecule has 1 amide bonds. The minimum Gasteiger partial charge on any atom is -0.449 e. The van der Waals surface area contributed by atoms with Crippen LogP contribution in [-0.2, 0) is 4.74 Å². The Balaban J connectivity index is 2.48. The molecule has 1 rings (SSSR count). The van der Waals surface area contributed by atoms with Crippen molar-refractivity contribution < 1.29 is 9.53 Å². The highest BCUT2D eigenvalue weighted by atomic mass is 35.5. The first kappa shape index (κ1) is 11.9. The van der Waals surface area contributed by atoms with Gasteiger partial charge in [-0.15, -0.1) is 0 Å². The summed E-state index contributed by atoms with van der Waals surface area (Å²) < 4.78 is 4.95. The second-order valence-electron chi connectivity index (χ2n) is 3.60. The number of halogens is 1. The Morgan fingerprint density at radius 3 is 2.73 bits per heavy atom. The van der Waals surface area contributed by atoms with Gasteiger partial charge in [0.05, 0.1) is 17.3 Å². The molecule has 15 heavy (non-hydrogen) atoms. The van der Waals surface area contributed by atoms with E-state index in [9.17, 15) is 4.79 Å². The molecule has 4 heteroatoms. The molecule has 0 bridgehead atoms. The lowest BCUT2D eigenvalue weighted by atomic mass is 10.2. The average molecular weight is 228 g/mol. The molecule has 0 aromatic heterocycles. The maximum absolute atomic E-state index is 11.3. The van der Waals surface area contributed by atoms with E-state index in [1.807, 2.05) is 13.8 Å². The first-order valence-electron chi connectivity index (χ1n) is 4.78. The summed E-state index contributed by atoms with van der Waals surface area (Å²) in [6, 6.07) is 7.02. The second kappa shape index (κ2) is 5.61. The molecule has 0 radical (unpaired) electrons. The lowest BCUT2D eigenvalue weighted by Crippen LogP contribution is -2.16. The molecule has 0 unspecified atom stereocenters. The van der Waals surface area contributed by atoms with Gasteiger partial charge in [0, 0.05) is 0 Å². The maximum atomic E-state index is 11.3. The number of hydrogen-bond donors (Lipinski definition) is 1. The van der Waals surface area contributed by atoms with Gasteiger partial charge in [0.1, 0.15) is 0 Å². The van der Waals surface area contributed by atoms with Gasteiger partial charge < -0.3 is 4.74 Å². The standard InChI is InChI=1S/C11H14ClNO2/c1-8(2)7-15-11(14)13-10-6-4-3-5-9(10)12/h3-6,8H,7H2,1-2H3,(H,13,14). The number of nitrogens with one attached hydrogen (secondary N) is 1. The number of carbonyl (C=O) groups excluding carboxylic acids is 1. The van der Waals surface area contributed by atoms with Gasteiger partial charge in [-0.3, -0.25) is 5.32 Å². The Hall–Kier alpha value is -1.22. The van der Waals surface area contributed by atoms with Crippen LogP contribution in [0.25, 0.3) is 0 Å². The molecular formula is C11H14ClNO2. The molecule has 0 saturated carbocycles. The van der Waals surface area contributed by atoms with Gasteiger partial charge in [-0.05, 0) is 18.1 Å². The first-order valence-corrected chi connectivity index (χ1v) is 5.15. The summed E-state index contributed by atoms with van der Waals surface area (Å²) >= 11 is 5.86. The van der Waals surface area contributed by atoms with Gasteiger partial charge in [-0.25, -0.2) is 4.79 Å². The number of carbonyl (C=O) groups is 1. The van der Waals surface area contributed by atoms with E-state index in [4.69, 9.17) is 16.3 Å². The molecule has 0 spiro atoms. The van der Waals surface area contributed by atoms with Gasteiger partial charge in [-0.2, -0.15) is 0 Å². The molecule has 3 nitrogen and oxygen atoms in total. The van der Waals surface area contributed by atoms with E-state index in [-0.39, 0.29) is 0 Å². The van der Waals surface area contributed by atoms with Crippen LogP contribution >= 0.6 is 11.6 Å². The van der Waals surface area contributed by atoms with Crippen LogP contribution in [0.3, 0.4) is 0 Å². The SMILES string of the molecule is CC(C)COC(=O)Nc1ccccc1Cl. The number of amides is 1. The number of para-hydroxylation sites is 1. The van der Waals surface area contributed by atoms with Crippen molar-refractivity contribution >= 4 is 23.4 Å². The van der Waals surface area contributed by atoms with Crippen LogP contribution in [0, 0.1) is 5.92 Å². The van der Waals surface area contributed by atoms with Crippen molar-refractivity contribution in [3.63, 3.8) is 0 Å². The van der Waals surface area contributed by atoms with Gasteiger partial charge in [0.15, 0.2) is 0 Å². The third-order valence-corrected chi connectivity index (χ3v) is 1.99. The molecule has 0 aliphatic carbocycles. The molecule has 0 aliphatic heterocycles. The Labute approximate surface area is 94.4 Å². The third-order valence-electron chi connectivity index (χ3n) is 1.66. The highest BCUT2D eigenvalue weighted by Crippen LogP contribution is 2.20. The minimum absolute atomic E-state index is 0.321. The molecule has 82 valence electrons. The topological polar surface area (TPSA) is 38.3 Å². The van der Waals surface area contributed by atoms with Crippen molar-refractivity contribution in [2.24, 2.45) is 5.92 Å². The molecule has 1 aromatic carbocycles. The zero-order chi connectivity index (χ0) is 11.3. The summed E-state index contributed by atoms with van der Waals surface area (Å²) in [5.74, 6) is 0.321. The Morgan fingerprint density at radius 2 is 2.13 bits per heavy atom. The predicted octanol–water partition coefficient (Wildman–Crippen LogP) is 3.54. The Bertz CT molecular complexity index is 339. The van der Waals surface area contributed by atoms with Crippen LogP contribution in [0.2, 0.25) is 5.02 Å². The summed E-state index contributed by atoms with van der Waals surface area (Å²) in [6.07, 6.45) is -0.475. The number of rotatable bonds is 3. The van der Waals surface area contributed by atoms with Gasteiger partial charge in [-0.1, -0.05) is 37.6 Å². The van der Waals surface area contributed by atoms with Crippen LogP contribution < -0.4 is 5.32 Å². The molecule has 0 heterocycles. The molecule has 0 fully saturated rings. The largest absolute Gasteiger partial charge is 0.449 e. The van der Waals surface area contributed by atoms with Gasteiger partial charge in [0.25, 0.3) is 0 Å². The lowest BCUT2D eigenvalue weighted by molar-refractivity contribution is 0.147. The van der Waals surface area contributed by atoms with Crippen molar-refractivity contribution in [2.75, 3.05) is 11.9 Å². The summed E-state index contributed by atoms with van der Waals surface area (Å²) in [5.41, 5.74) is 0.563. The van der Waals surface area contributed by atoms with E-state index in [1.165, 1.54) is 0 Å². The van der Waals surface area contributed by atoms with Crippen LogP contribution in [0.4, 0.5) is 10.5 Å². The quantitative estimate of drug-likeness (QED) is 0.858. The normalized spacial score (nSPS) is 10.1. The van der Waals surface area contributed by atoms with Crippen LogP contribution in [0.1, 0.15) is 13.8 Å². The average Bonchev–Trinajstić information content (AvgIpc) is 2.18. The Morgan fingerprint density at radius 1 is 1.47 bits per heavy atom. The molecule has 0 saturated heterocycles. The highest BCUT2D eigenvalue weighted by molar-refractivity contribution is 6.33. The van der Waals surface area contributed by atoms with Crippen molar-refractivity contribution in [1.82, 2.24) is 0 Å². The smallest absolute Gasteiger partial charge is 0.411 e. The third kappa shape index (κ3) is 4.21. The number of benzene rings is 1. The van der Waals surface area contributed by atoms with E-state index in [0.717, 1.165) is 0 Å². The summed E-state index contributed by atoms with van der Waals surface area (Å²) in [6.45, 7) is 4.35. The summed E-state index contributed by atoms with van der Waals surface area (Å²) in [4.78, 5) is 11.3. The fourth-order valence-corrected chi connectivity index (χ4v) is 1.13. The van der Waals surface area contributed by atoms with E-state index in [1.54, 1.807) is 24.3 Å². The van der Waals surface area contributed by atoms with Crippen molar-refractivity contribution in [3.05, 3.63) is 29.3 Å². The molecule has 1 N–H and O–H groups in total. The molecule has 0 aliphatic rings. The molecule has 1 aromatic rings. The van der Waals surface area contributed by atoms with E-state index >= 15 is 0 Å². The highest BCUT2D eigenvalue weighted by Gasteiger charge is 2.06. The van der Waals surface area contributed by atoms with E-state index in [2.05, 4.69) is 5.32 Å². The monoisotopic (exact) mass is 227 g/mol. The predicted molar refractivity (Wildman–Crippen MR) is 61.3 cm³/mol. The van der Waals surface area contributed by atoms with E-state index < -0.39 is 6.09 Å². The number of ether oxygens (including phenoxy) is 1. The minimum atomic E-state index is -0.475. The zero-order valence-corrected chi connectivity index (χ0v) is 9.54. The lowest BCUT2D eigenvalue weighted by Gasteiger charge is -2.09. The van der Waals surface area contributed by atoms with Crippen LogP contribution in [0.15, 0.2) is 24.3 Å². The van der Waals surface area contributed by atoms with Crippen molar-refractivity contribution in [1.29, 1.82) is 0 Å². The van der Waals surface area contributed by atoms with Crippen LogP contribution in [-0.4, -0.2) is 12.7 Å². The molecular weight excluding hydrogens is 214 g/mol. The second-order valence-corrected chi connectivity index (χ2v) is 4.00. The zero-order valence-electron chi connectivity index (χ0n) is 8.79. The fraction of sp³-hybridized carbons (Fsp3) is 0.364. The number of hydrogen-bond acceptors (Lipinski definition) is 2. The van der Waals surface area contributed by atoms with E-state index in [0.29, 0.717) is 23.2 Å². The summed E-state index contributed by atoms with van der Waals surface area (Å²) in [7, 11) is 0. The van der Waals surface area contributed by atoms with Gasteiger partial charge >= 0.3 is 6.09 Å². The fourth-order valence-electron chi connectivity index (χ4n) is 0.951.